The van der Waals surface area contributed by atoms with E-state index in [0.29, 0.717) is 0 Å². The number of allylic oxidation sites excluding steroid dienone is 2. The van der Waals surface area contributed by atoms with Gasteiger partial charge in [0.15, 0.2) is 0 Å². The molecule has 0 spiro atoms. The SMILES string of the molecule is CC(=O)OC1=CC=CC(=O)[N]1. The van der Waals surface area contributed by atoms with E-state index in [9.17, 15) is 9.59 Å². The molecule has 0 saturated carbocycles. The summed E-state index contributed by atoms with van der Waals surface area (Å²) < 4.78 is 4.54. The molecule has 1 heterocycles. The quantitative estimate of drug-likeness (QED) is 0.500. The highest BCUT2D eigenvalue weighted by Crippen LogP contribution is 2.00. The monoisotopic (exact) mass is 152 g/mol. The van der Waals surface area contributed by atoms with E-state index in [-0.39, 0.29) is 5.88 Å². The van der Waals surface area contributed by atoms with Crippen LogP contribution in [-0.4, -0.2) is 11.9 Å². The Hall–Kier alpha value is -1.58. The van der Waals surface area contributed by atoms with Crippen molar-refractivity contribution in [1.29, 1.82) is 0 Å². The van der Waals surface area contributed by atoms with Gasteiger partial charge < -0.3 is 4.74 Å². The number of rotatable bonds is 1. The standard InChI is InChI=1S/C7H6NO3/c1-5(9)11-7-4-2-3-6(10)8-7/h2-4H,1H3. The molecule has 0 bridgehead atoms. The fourth-order valence-corrected chi connectivity index (χ4v) is 0.600. The van der Waals surface area contributed by atoms with E-state index in [1.54, 1.807) is 0 Å². The van der Waals surface area contributed by atoms with Gasteiger partial charge in [0, 0.05) is 19.1 Å². The molecule has 0 aromatic carbocycles. The summed E-state index contributed by atoms with van der Waals surface area (Å²) in [6.07, 6.45) is 4.21. The van der Waals surface area contributed by atoms with Crippen LogP contribution in [0.2, 0.25) is 0 Å². The second kappa shape index (κ2) is 3.01. The van der Waals surface area contributed by atoms with Gasteiger partial charge in [-0.2, -0.15) is 5.32 Å². The third-order valence-corrected chi connectivity index (χ3v) is 0.946. The fraction of sp³-hybridized carbons (Fsp3) is 0.143. The van der Waals surface area contributed by atoms with E-state index in [2.05, 4.69) is 10.1 Å². The van der Waals surface area contributed by atoms with E-state index < -0.39 is 11.9 Å². The van der Waals surface area contributed by atoms with Gasteiger partial charge in [0.05, 0.1) is 0 Å². The molecule has 1 aliphatic heterocycles. The maximum atomic E-state index is 10.6. The van der Waals surface area contributed by atoms with Crippen molar-refractivity contribution in [2.75, 3.05) is 0 Å². The van der Waals surface area contributed by atoms with Crippen LogP contribution in [0.4, 0.5) is 0 Å². The molecule has 1 rings (SSSR count). The normalized spacial score (nSPS) is 15.4. The Balaban J connectivity index is 2.59. The Kier molecular flexibility index (Phi) is 2.06. The maximum Gasteiger partial charge on any atom is 0.309 e. The smallest absolute Gasteiger partial charge is 0.309 e. The van der Waals surface area contributed by atoms with Crippen LogP contribution in [0.3, 0.4) is 0 Å². The van der Waals surface area contributed by atoms with Crippen molar-refractivity contribution >= 4 is 11.9 Å². The minimum absolute atomic E-state index is 0.0463. The molecule has 0 aromatic rings. The zero-order valence-corrected chi connectivity index (χ0v) is 5.90. The highest BCUT2D eigenvalue weighted by atomic mass is 16.5. The van der Waals surface area contributed by atoms with Gasteiger partial charge in [0.2, 0.25) is 5.88 Å². The van der Waals surface area contributed by atoms with Gasteiger partial charge in [-0.15, -0.1) is 0 Å². The predicted octanol–water partition coefficient (Wildman–Crippen LogP) is 0.0917. The summed E-state index contributed by atoms with van der Waals surface area (Å²) in [7, 11) is 0. The summed E-state index contributed by atoms with van der Waals surface area (Å²) in [4.78, 5) is 20.9. The van der Waals surface area contributed by atoms with Gasteiger partial charge in [-0.05, 0) is 0 Å². The van der Waals surface area contributed by atoms with Crippen molar-refractivity contribution in [1.82, 2.24) is 5.32 Å². The maximum absolute atomic E-state index is 10.6. The molecule has 1 radical (unpaired) electrons. The van der Waals surface area contributed by atoms with E-state index in [4.69, 9.17) is 0 Å². The second-order valence-corrected chi connectivity index (χ2v) is 1.91. The first-order valence-electron chi connectivity index (χ1n) is 3.01. The zero-order chi connectivity index (χ0) is 8.27. The van der Waals surface area contributed by atoms with Crippen molar-refractivity contribution in [2.45, 2.75) is 6.92 Å². The second-order valence-electron chi connectivity index (χ2n) is 1.91. The Labute approximate surface area is 63.5 Å². The fourth-order valence-electron chi connectivity index (χ4n) is 0.600. The highest BCUT2D eigenvalue weighted by Gasteiger charge is 2.09. The predicted molar refractivity (Wildman–Crippen MR) is 36.1 cm³/mol. The average molecular weight is 152 g/mol. The molecule has 1 aliphatic rings. The van der Waals surface area contributed by atoms with Crippen LogP contribution in [0.1, 0.15) is 6.92 Å². The molecule has 4 heteroatoms. The summed E-state index contributed by atoms with van der Waals surface area (Å²) in [5.41, 5.74) is 0. The van der Waals surface area contributed by atoms with Crippen molar-refractivity contribution in [3.63, 3.8) is 0 Å². The molecule has 0 aliphatic carbocycles. The Morgan fingerprint density at radius 3 is 2.91 bits per heavy atom. The Morgan fingerprint density at radius 2 is 2.36 bits per heavy atom. The lowest BCUT2D eigenvalue weighted by molar-refractivity contribution is -0.137. The lowest BCUT2D eigenvalue weighted by Gasteiger charge is -2.05. The third-order valence-electron chi connectivity index (χ3n) is 0.946. The van der Waals surface area contributed by atoms with Gasteiger partial charge in [-0.1, -0.05) is 6.08 Å². The molecule has 0 saturated heterocycles. The number of amides is 1. The molecular formula is C7H6NO3. The molecular weight excluding hydrogens is 146 g/mol. The lowest BCUT2D eigenvalue weighted by Crippen LogP contribution is -2.18. The van der Waals surface area contributed by atoms with E-state index in [0.717, 1.165) is 0 Å². The van der Waals surface area contributed by atoms with Gasteiger partial charge in [-0.3, -0.25) is 9.59 Å². The van der Waals surface area contributed by atoms with Crippen LogP contribution in [0.25, 0.3) is 0 Å². The van der Waals surface area contributed by atoms with Crippen molar-refractivity contribution in [3.8, 4) is 0 Å². The minimum atomic E-state index is -0.483. The number of nitrogens with zero attached hydrogens (tertiary/aromatic N) is 1. The van der Waals surface area contributed by atoms with Gasteiger partial charge in [-0.25, -0.2) is 0 Å². The van der Waals surface area contributed by atoms with Gasteiger partial charge in [0.1, 0.15) is 0 Å². The van der Waals surface area contributed by atoms with Crippen LogP contribution in [0, 0.1) is 0 Å². The Bertz CT molecular complexity index is 252. The van der Waals surface area contributed by atoms with Crippen molar-refractivity contribution in [2.24, 2.45) is 0 Å². The minimum Gasteiger partial charge on any atom is -0.408 e. The number of esters is 1. The summed E-state index contributed by atoms with van der Waals surface area (Å²) in [6, 6.07) is 0. The molecule has 0 fully saturated rings. The summed E-state index contributed by atoms with van der Waals surface area (Å²) in [6.45, 7) is 1.25. The topological polar surface area (TPSA) is 57.5 Å². The number of ether oxygens (including phenoxy) is 1. The van der Waals surface area contributed by atoms with Crippen LogP contribution >= 0.6 is 0 Å². The van der Waals surface area contributed by atoms with E-state index in [1.807, 2.05) is 0 Å². The summed E-state index contributed by atoms with van der Waals surface area (Å²) >= 11 is 0. The number of hydrogen-bond donors (Lipinski definition) is 0. The number of carbonyl (C=O) groups excluding carboxylic acids is 2. The van der Waals surface area contributed by atoms with E-state index in [1.165, 1.54) is 25.2 Å². The Morgan fingerprint density at radius 1 is 1.64 bits per heavy atom. The van der Waals surface area contributed by atoms with Crippen molar-refractivity contribution in [3.05, 3.63) is 24.1 Å². The average Bonchev–Trinajstić information content (AvgIpc) is 1.85. The van der Waals surface area contributed by atoms with Crippen molar-refractivity contribution < 1.29 is 14.3 Å². The van der Waals surface area contributed by atoms with Crippen LogP contribution in [0.15, 0.2) is 24.1 Å². The highest BCUT2D eigenvalue weighted by molar-refractivity contribution is 5.90. The first kappa shape index (κ1) is 7.53. The first-order chi connectivity index (χ1) is 5.18. The molecule has 0 unspecified atom stereocenters. The molecule has 1 amide bonds. The molecule has 57 valence electrons. The number of hydrogen-bond acceptors (Lipinski definition) is 3. The van der Waals surface area contributed by atoms with Crippen LogP contribution < -0.4 is 5.32 Å². The zero-order valence-electron chi connectivity index (χ0n) is 5.90. The van der Waals surface area contributed by atoms with Crippen LogP contribution in [-0.2, 0) is 14.3 Å². The van der Waals surface area contributed by atoms with Crippen LogP contribution in [0.5, 0.6) is 0 Å². The largest absolute Gasteiger partial charge is 0.408 e. The molecule has 0 atom stereocenters. The summed E-state index contributed by atoms with van der Waals surface area (Å²) in [5, 5.41) is 3.41. The first-order valence-corrected chi connectivity index (χ1v) is 3.01. The van der Waals surface area contributed by atoms with Gasteiger partial charge >= 0.3 is 5.97 Å². The lowest BCUT2D eigenvalue weighted by atomic mass is 10.4. The third kappa shape index (κ3) is 2.25. The van der Waals surface area contributed by atoms with Gasteiger partial charge in [0.25, 0.3) is 5.91 Å². The molecule has 0 aromatic heterocycles. The summed E-state index contributed by atoms with van der Waals surface area (Å²) in [5.74, 6) is -0.850. The number of carbonyl (C=O) groups is 2. The molecule has 0 N–H and O–H groups in total. The molecule has 4 nitrogen and oxygen atoms in total. The van der Waals surface area contributed by atoms with E-state index >= 15 is 0 Å². The molecule has 11 heavy (non-hydrogen) atoms.